The summed E-state index contributed by atoms with van der Waals surface area (Å²) in [7, 11) is -4.34. The maximum Gasteiger partial charge on any atom is 0.242 e. The molecule has 1 aliphatic heterocycles. The minimum Gasteiger partial charge on any atom is -0.370 e. The van der Waals surface area contributed by atoms with Crippen molar-refractivity contribution >= 4 is 26.6 Å². The summed E-state index contributed by atoms with van der Waals surface area (Å²) in [6.45, 7) is 2.68. The van der Waals surface area contributed by atoms with Crippen LogP contribution in [0.25, 0.3) is 0 Å². The van der Waals surface area contributed by atoms with Gasteiger partial charge in [0, 0.05) is 41.1 Å². The lowest BCUT2D eigenvalue weighted by molar-refractivity contribution is 0.521. The summed E-state index contributed by atoms with van der Waals surface area (Å²) in [5, 5.41) is 3.01. The summed E-state index contributed by atoms with van der Waals surface area (Å²) < 4.78 is 38.3. The third-order valence-corrected chi connectivity index (χ3v) is 6.00. The molecule has 1 aromatic rings. The zero-order chi connectivity index (χ0) is 14.6. The standard InChI is InChI=1S/C12H19N3O3S2/c1-2-13-12-4-3-11(9-14-12)20(17,18)15-10-5-7-19(16)8-6-10/h3-4,9-10,15H,2,5-8H2,1H3,(H,13,14). The fraction of sp³-hybridized carbons (Fsp3) is 0.583. The van der Waals surface area contributed by atoms with E-state index in [9.17, 15) is 12.6 Å². The second kappa shape index (κ2) is 6.64. The first-order valence-electron chi connectivity index (χ1n) is 6.58. The molecule has 20 heavy (non-hydrogen) atoms. The van der Waals surface area contributed by atoms with E-state index < -0.39 is 20.8 Å². The van der Waals surface area contributed by atoms with Gasteiger partial charge in [0.15, 0.2) is 0 Å². The second-order valence-corrected chi connectivity index (χ2v) is 8.06. The van der Waals surface area contributed by atoms with Crippen LogP contribution in [0.5, 0.6) is 0 Å². The number of anilines is 1. The van der Waals surface area contributed by atoms with E-state index in [-0.39, 0.29) is 10.9 Å². The molecular weight excluding hydrogens is 298 g/mol. The lowest BCUT2D eigenvalue weighted by Gasteiger charge is -2.22. The Bertz CT molecular complexity index is 562. The third-order valence-electron chi connectivity index (χ3n) is 3.11. The predicted molar refractivity (Wildman–Crippen MR) is 79.6 cm³/mol. The number of sulfonamides is 1. The molecule has 2 heterocycles. The first-order valence-corrected chi connectivity index (χ1v) is 9.55. The fourth-order valence-electron chi connectivity index (χ4n) is 2.02. The van der Waals surface area contributed by atoms with Gasteiger partial charge in [-0.15, -0.1) is 0 Å². The van der Waals surface area contributed by atoms with Crippen molar-refractivity contribution in [3.8, 4) is 0 Å². The van der Waals surface area contributed by atoms with Gasteiger partial charge in [0.1, 0.15) is 10.7 Å². The highest BCUT2D eigenvalue weighted by molar-refractivity contribution is 7.89. The molecule has 2 rings (SSSR count). The summed E-state index contributed by atoms with van der Waals surface area (Å²) in [5.41, 5.74) is 0. The van der Waals surface area contributed by atoms with Crippen LogP contribution in [0.15, 0.2) is 23.2 Å². The number of nitrogens with one attached hydrogen (secondary N) is 2. The van der Waals surface area contributed by atoms with E-state index in [1.165, 1.54) is 12.3 Å². The third kappa shape index (κ3) is 4.00. The van der Waals surface area contributed by atoms with Crippen LogP contribution in [0.2, 0.25) is 0 Å². The SMILES string of the molecule is CCNc1ccc(S(=O)(=O)NC2CCS(=O)CC2)cn1. The van der Waals surface area contributed by atoms with Gasteiger partial charge in [0.05, 0.1) is 0 Å². The van der Waals surface area contributed by atoms with Gasteiger partial charge in [-0.25, -0.2) is 18.1 Å². The molecule has 6 nitrogen and oxygen atoms in total. The molecule has 0 aliphatic carbocycles. The van der Waals surface area contributed by atoms with Crippen molar-refractivity contribution in [3.05, 3.63) is 18.3 Å². The molecule has 0 aromatic carbocycles. The predicted octanol–water partition coefficient (Wildman–Crippen LogP) is 0.703. The first-order chi connectivity index (χ1) is 9.51. The molecule has 0 atom stereocenters. The summed E-state index contributed by atoms with van der Waals surface area (Å²) >= 11 is 0. The molecule has 1 aromatic heterocycles. The van der Waals surface area contributed by atoms with Gasteiger partial charge in [0.2, 0.25) is 10.0 Å². The zero-order valence-corrected chi connectivity index (χ0v) is 13.0. The molecule has 112 valence electrons. The number of nitrogens with zero attached hydrogens (tertiary/aromatic N) is 1. The van der Waals surface area contributed by atoms with E-state index in [1.807, 2.05) is 6.92 Å². The van der Waals surface area contributed by atoms with Crippen LogP contribution in [0, 0.1) is 0 Å². The van der Waals surface area contributed by atoms with Crippen LogP contribution in [0.1, 0.15) is 19.8 Å². The van der Waals surface area contributed by atoms with Crippen molar-refractivity contribution in [1.29, 1.82) is 0 Å². The Hall–Kier alpha value is -0.990. The molecule has 0 radical (unpaired) electrons. The topological polar surface area (TPSA) is 88.2 Å². The van der Waals surface area contributed by atoms with Crippen molar-refractivity contribution in [1.82, 2.24) is 9.71 Å². The van der Waals surface area contributed by atoms with Crippen molar-refractivity contribution in [2.45, 2.75) is 30.7 Å². The highest BCUT2D eigenvalue weighted by Gasteiger charge is 2.24. The fourth-order valence-corrected chi connectivity index (χ4v) is 4.57. The van der Waals surface area contributed by atoms with Gasteiger partial charge in [-0.05, 0) is 31.9 Å². The van der Waals surface area contributed by atoms with E-state index in [4.69, 9.17) is 0 Å². The Labute approximate surface area is 121 Å². The van der Waals surface area contributed by atoms with Crippen LogP contribution in [-0.2, 0) is 20.8 Å². The normalized spacial score (nSPS) is 23.4. The smallest absolute Gasteiger partial charge is 0.242 e. The Kier molecular flexibility index (Phi) is 5.11. The molecule has 8 heteroatoms. The van der Waals surface area contributed by atoms with E-state index >= 15 is 0 Å². The van der Waals surface area contributed by atoms with Crippen LogP contribution in [0.3, 0.4) is 0 Å². The number of hydrogen-bond donors (Lipinski definition) is 2. The molecule has 1 aliphatic rings. The van der Waals surface area contributed by atoms with Gasteiger partial charge in [-0.3, -0.25) is 4.21 Å². The molecule has 0 saturated carbocycles. The Morgan fingerprint density at radius 2 is 2.05 bits per heavy atom. The maximum absolute atomic E-state index is 12.2. The van der Waals surface area contributed by atoms with Crippen molar-refractivity contribution in [2.75, 3.05) is 23.4 Å². The highest BCUT2D eigenvalue weighted by Crippen LogP contribution is 2.15. The van der Waals surface area contributed by atoms with Crippen LogP contribution < -0.4 is 10.0 Å². The molecule has 1 fully saturated rings. The maximum atomic E-state index is 12.2. The summed E-state index contributed by atoms with van der Waals surface area (Å²) in [5.74, 6) is 1.77. The number of pyridine rings is 1. The van der Waals surface area contributed by atoms with Crippen LogP contribution in [0.4, 0.5) is 5.82 Å². The molecule has 0 unspecified atom stereocenters. The van der Waals surface area contributed by atoms with Gasteiger partial charge < -0.3 is 5.32 Å². The van der Waals surface area contributed by atoms with E-state index in [0.717, 1.165) is 6.54 Å². The first kappa shape index (κ1) is 15.4. The van der Waals surface area contributed by atoms with Crippen LogP contribution in [-0.4, -0.2) is 41.7 Å². The summed E-state index contributed by atoms with van der Waals surface area (Å²) in [4.78, 5) is 4.22. The van der Waals surface area contributed by atoms with E-state index in [1.54, 1.807) is 6.07 Å². The van der Waals surface area contributed by atoms with Gasteiger partial charge in [-0.2, -0.15) is 0 Å². The van der Waals surface area contributed by atoms with Gasteiger partial charge >= 0.3 is 0 Å². The average molecular weight is 317 g/mol. The lowest BCUT2D eigenvalue weighted by Crippen LogP contribution is -2.39. The quantitative estimate of drug-likeness (QED) is 0.835. The van der Waals surface area contributed by atoms with Crippen molar-refractivity contribution in [2.24, 2.45) is 0 Å². The Morgan fingerprint density at radius 1 is 1.35 bits per heavy atom. The van der Waals surface area contributed by atoms with Gasteiger partial charge in [-0.1, -0.05) is 0 Å². The molecular formula is C12H19N3O3S2. The minimum absolute atomic E-state index is 0.133. The summed E-state index contributed by atoms with van der Waals surface area (Å²) in [6.07, 6.45) is 2.59. The largest absolute Gasteiger partial charge is 0.370 e. The van der Waals surface area contributed by atoms with E-state index in [2.05, 4.69) is 15.0 Å². The minimum atomic E-state index is -3.55. The molecule has 0 spiro atoms. The average Bonchev–Trinajstić information content (AvgIpc) is 2.42. The Morgan fingerprint density at radius 3 is 2.60 bits per heavy atom. The monoisotopic (exact) mass is 317 g/mol. The van der Waals surface area contributed by atoms with E-state index in [0.29, 0.717) is 30.2 Å². The summed E-state index contributed by atoms with van der Waals surface area (Å²) in [6, 6.07) is 3.05. The van der Waals surface area contributed by atoms with Crippen molar-refractivity contribution < 1.29 is 12.6 Å². The number of aromatic nitrogens is 1. The van der Waals surface area contributed by atoms with Gasteiger partial charge in [0.25, 0.3) is 0 Å². The number of hydrogen-bond acceptors (Lipinski definition) is 5. The van der Waals surface area contributed by atoms with Crippen molar-refractivity contribution in [3.63, 3.8) is 0 Å². The molecule has 2 N–H and O–H groups in total. The lowest BCUT2D eigenvalue weighted by atomic mass is 10.2. The zero-order valence-electron chi connectivity index (χ0n) is 11.3. The second-order valence-electron chi connectivity index (χ2n) is 4.65. The molecule has 1 saturated heterocycles. The number of rotatable bonds is 5. The Balaban J connectivity index is 2.04. The van der Waals surface area contributed by atoms with Crippen LogP contribution >= 0.6 is 0 Å². The highest BCUT2D eigenvalue weighted by atomic mass is 32.2. The molecule has 0 bridgehead atoms. The molecule has 0 amide bonds.